The van der Waals surface area contributed by atoms with Gasteiger partial charge < -0.3 is 9.80 Å². The molecule has 302 valence electrons. The summed E-state index contributed by atoms with van der Waals surface area (Å²) < 4.78 is 0. The van der Waals surface area contributed by atoms with Crippen LogP contribution in [0, 0.1) is 13.8 Å². The molecule has 0 N–H and O–H groups in total. The van der Waals surface area contributed by atoms with Gasteiger partial charge in [-0.1, -0.05) is 183 Å². The molecule has 1 aliphatic rings. The number of hydrogen-bond acceptors (Lipinski definition) is 2. The molecule has 0 heterocycles. The van der Waals surface area contributed by atoms with Crippen LogP contribution in [0.25, 0.3) is 54.9 Å². The molecule has 11 rings (SSSR count). The van der Waals surface area contributed by atoms with E-state index in [4.69, 9.17) is 0 Å². The highest BCUT2D eigenvalue weighted by molar-refractivity contribution is 6.24. The highest BCUT2D eigenvalue weighted by Gasteiger charge is 2.37. The van der Waals surface area contributed by atoms with Crippen molar-refractivity contribution in [2.24, 2.45) is 0 Å². The van der Waals surface area contributed by atoms with Crippen LogP contribution in [0.15, 0.2) is 218 Å². The van der Waals surface area contributed by atoms with Crippen LogP contribution in [0.4, 0.5) is 34.1 Å². The Morgan fingerprint density at radius 3 is 1.24 bits per heavy atom. The molecule has 2 nitrogen and oxygen atoms in total. The van der Waals surface area contributed by atoms with Gasteiger partial charge in [-0.2, -0.15) is 0 Å². The molecule has 63 heavy (non-hydrogen) atoms. The Labute approximate surface area is 371 Å². The minimum atomic E-state index is -0.203. The topological polar surface area (TPSA) is 6.48 Å². The number of aryl methyl sites for hydroxylation is 2. The summed E-state index contributed by atoms with van der Waals surface area (Å²) in [6.45, 7) is 9.11. The highest BCUT2D eigenvalue weighted by atomic mass is 15.2. The molecule has 10 aromatic rings. The van der Waals surface area contributed by atoms with E-state index in [-0.39, 0.29) is 5.41 Å². The van der Waals surface area contributed by atoms with Crippen molar-refractivity contribution in [1.29, 1.82) is 0 Å². The smallest absolute Gasteiger partial charge is 0.0620 e. The lowest BCUT2D eigenvalue weighted by Crippen LogP contribution is -2.17. The second kappa shape index (κ2) is 15.3. The molecule has 0 saturated carbocycles. The van der Waals surface area contributed by atoms with Gasteiger partial charge in [-0.05, 0) is 119 Å². The van der Waals surface area contributed by atoms with Gasteiger partial charge in [-0.25, -0.2) is 0 Å². The highest BCUT2D eigenvalue weighted by Crippen LogP contribution is 2.56. The number of anilines is 6. The second-order valence-electron chi connectivity index (χ2n) is 17.5. The molecule has 10 aromatic carbocycles. The lowest BCUT2D eigenvalue weighted by molar-refractivity contribution is 0.661. The van der Waals surface area contributed by atoms with Crippen molar-refractivity contribution in [1.82, 2.24) is 0 Å². The van der Waals surface area contributed by atoms with Crippen LogP contribution in [-0.4, -0.2) is 0 Å². The van der Waals surface area contributed by atoms with Crippen LogP contribution in [-0.2, 0) is 5.41 Å². The summed E-state index contributed by atoms with van der Waals surface area (Å²) in [6.07, 6.45) is 0. The fourth-order valence-corrected chi connectivity index (χ4v) is 9.92. The minimum Gasteiger partial charge on any atom is -0.309 e. The van der Waals surface area contributed by atoms with Gasteiger partial charge >= 0.3 is 0 Å². The standard InChI is InChI=1S/C61H48N2/c1-41-29-33-47(34-30-41)62(49-23-15-21-45(37-49)43-17-7-5-8-18-43)59-52-26-11-12-27-53(52)60(56-40-58-54(39-55(56)59)51-25-13-14-28-57(51)61(58,3)4)63(48-35-31-42(2)32-36-48)50-24-16-22-46(38-50)44-19-9-6-10-20-44/h5-40H,1-4H3. The molecule has 0 radical (unpaired) electrons. The summed E-state index contributed by atoms with van der Waals surface area (Å²) in [4.78, 5) is 5.01. The van der Waals surface area contributed by atoms with E-state index < -0.39 is 0 Å². The third-order valence-electron chi connectivity index (χ3n) is 13.1. The largest absolute Gasteiger partial charge is 0.309 e. The van der Waals surface area contributed by atoms with E-state index in [1.807, 2.05) is 0 Å². The molecule has 0 spiro atoms. The number of hydrogen-bond donors (Lipinski definition) is 0. The van der Waals surface area contributed by atoms with E-state index in [0.29, 0.717) is 0 Å². The first-order valence-corrected chi connectivity index (χ1v) is 22.0. The summed E-state index contributed by atoms with van der Waals surface area (Å²) in [7, 11) is 0. The normalized spacial score (nSPS) is 12.6. The first kappa shape index (κ1) is 38.3. The number of fused-ring (bicyclic) bond motifs is 5. The van der Waals surface area contributed by atoms with Crippen molar-refractivity contribution in [3.05, 3.63) is 241 Å². The van der Waals surface area contributed by atoms with E-state index in [1.165, 1.54) is 77.2 Å². The van der Waals surface area contributed by atoms with E-state index in [0.717, 1.165) is 34.1 Å². The Kier molecular flexibility index (Phi) is 9.32. The van der Waals surface area contributed by atoms with E-state index in [1.54, 1.807) is 0 Å². The molecule has 1 aliphatic carbocycles. The molecule has 0 saturated heterocycles. The second-order valence-corrected chi connectivity index (χ2v) is 17.5. The molecular weight excluding hydrogens is 761 g/mol. The van der Waals surface area contributed by atoms with E-state index in [9.17, 15) is 0 Å². The summed E-state index contributed by atoms with van der Waals surface area (Å²) in [5.74, 6) is 0. The summed E-state index contributed by atoms with van der Waals surface area (Å²) >= 11 is 0. The Morgan fingerprint density at radius 2 is 0.730 bits per heavy atom. The van der Waals surface area contributed by atoms with Gasteiger partial charge in [0, 0.05) is 49.7 Å². The van der Waals surface area contributed by atoms with Gasteiger partial charge in [0.25, 0.3) is 0 Å². The fraction of sp³-hybridized carbons (Fsp3) is 0.0820. The van der Waals surface area contributed by atoms with E-state index in [2.05, 4.69) is 256 Å². The van der Waals surface area contributed by atoms with E-state index >= 15 is 0 Å². The summed E-state index contributed by atoms with van der Waals surface area (Å²) in [5, 5.41) is 4.74. The molecule has 0 fully saturated rings. The molecule has 0 unspecified atom stereocenters. The predicted molar refractivity (Wildman–Crippen MR) is 269 cm³/mol. The van der Waals surface area contributed by atoms with Crippen molar-refractivity contribution < 1.29 is 0 Å². The van der Waals surface area contributed by atoms with Crippen molar-refractivity contribution in [3.8, 4) is 33.4 Å². The SMILES string of the molecule is Cc1ccc(N(c2cccc(-c3ccccc3)c2)c2c3ccccc3c(N(c3ccc(C)cc3)c3cccc(-c4ccccc4)c3)c3cc4c(cc23)-c2ccccc2C4(C)C)cc1. The number of benzene rings is 10. The zero-order valence-corrected chi connectivity index (χ0v) is 36.2. The van der Waals surface area contributed by atoms with Crippen molar-refractivity contribution in [2.45, 2.75) is 33.1 Å². The maximum absolute atomic E-state index is 2.53. The lowest BCUT2D eigenvalue weighted by atomic mass is 9.81. The average molecular weight is 809 g/mol. The van der Waals surface area contributed by atoms with Crippen LogP contribution >= 0.6 is 0 Å². The number of rotatable bonds is 8. The zero-order chi connectivity index (χ0) is 42.7. The predicted octanol–water partition coefficient (Wildman–Crippen LogP) is 17.2. The molecular formula is C61H48N2. The molecule has 0 aromatic heterocycles. The maximum atomic E-state index is 2.53. The molecule has 0 bridgehead atoms. The first-order chi connectivity index (χ1) is 30.8. The fourth-order valence-electron chi connectivity index (χ4n) is 9.92. The molecule has 2 heteroatoms. The van der Waals surface area contributed by atoms with Gasteiger partial charge in [-0.3, -0.25) is 0 Å². The van der Waals surface area contributed by atoms with Crippen molar-refractivity contribution >= 4 is 55.7 Å². The van der Waals surface area contributed by atoms with Gasteiger partial charge in [0.2, 0.25) is 0 Å². The maximum Gasteiger partial charge on any atom is 0.0620 e. The van der Waals surface area contributed by atoms with Gasteiger partial charge in [-0.15, -0.1) is 0 Å². The third kappa shape index (κ3) is 6.58. The average Bonchev–Trinajstić information content (AvgIpc) is 3.55. The monoisotopic (exact) mass is 808 g/mol. The quantitative estimate of drug-likeness (QED) is 0.111. The van der Waals surface area contributed by atoms with Crippen LogP contribution in [0.2, 0.25) is 0 Å². The Morgan fingerprint density at radius 1 is 0.302 bits per heavy atom. The summed E-state index contributed by atoms with van der Waals surface area (Å²) in [6, 6.07) is 80.7. The Balaban J connectivity index is 1.29. The van der Waals surface area contributed by atoms with Gasteiger partial charge in [0.1, 0.15) is 0 Å². The summed E-state index contributed by atoms with van der Waals surface area (Å²) in [5.41, 5.74) is 19.0. The third-order valence-corrected chi connectivity index (χ3v) is 13.1. The first-order valence-electron chi connectivity index (χ1n) is 22.0. The Bertz CT molecular complexity index is 3310. The van der Waals surface area contributed by atoms with Crippen molar-refractivity contribution in [2.75, 3.05) is 9.80 Å². The van der Waals surface area contributed by atoms with Crippen molar-refractivity contribution in [3.63, 3.8) is 0 Å². The zero-order valence-electron chi connectivity index (χ0n) is 36.2. The minimum absolute atomic E-state index is 0.203. The van der Waals surface area contributed by atoms with Crippen LogP contribution in [0.5, 0.6) is 0 Å². The van der Waals surface area contributed by atoms with Crippen LogP contribution < -0.4 is 9.80 Å². The van der Waals surface area contributed by atoms with Crippen LogP contribution in [0.1, 0.15) is 36.1 Å². The molecule has 0 amide bonds. The molecule has 0 aliphatic heterocycles. The number of nitrogens with zero attached hydrogens (tertiary/aromatic N) is 2. The molecule has 0 atom stereocenters. The van der Waals surface area contributed by atoms with Gasteiger partial charge in [0.05, 0.1) is 11.4 Å². The van der Waals surface area contributed by atoms with Gasteiger partial charge in [0.15, 0.2) is 0 Å². The lowest BCUT2D eigenvalue weighted by Gasteiger charge is -2.34. The van der Waals surface area contributed by atoms with Crippen LogP contribution in [0.3, 0.4) is 0 Å². The Hall–Kier alpha value is -7.68.